The number of allylic oxidation sites excluding steroid dienone is 5. The quantitative estimate of drug-likeness (QED) is 0.737. The van der Waals surface area contributed by atoms with Crippen molar-refractivity contribution in [1.82, 2.24) is 0 Å². The molecular formula is C18H26O4. The summed E-state index contributed by atoms with van der Waals surface area (Å²) in [5, 5.41) is 18.8. The molecule has 22 heavy (non-hydrogen) atoms. The van der Waals surface area contributed by atoms with Gasteiger partial charge in [-0.15, -0.1) is 0 Å². The molecule has 122 valence electrons. The second-order valence-corrected chi connectivity index (χ2v) is 6.31. The number of aliphatic hydroxyl groups is 1. The van der Waals surface area contributed by atoms with Gasteiger partial charge >= 0.3 is 5.97 Å². The van der Waals surface area contributed by atoms with Gasteiger partial charge in [-0.25, -0.2) is 0 Å². The number of hydrogen-bond donors (Lipinski definition) is 2. The van der Waals surface area contributed by atoms with Crippen LogP contribution in [0.5, 0.6) is 0 Å². The Labute approximate surface area is 132 Å². The highest BCUT2D eigenvalue weighted by Gasteiger charge is 2.41. The molecule has 2 atom stereocenters. The van der Waals surface area contributed by atoms with Gasteiger partial charge < -0.3 is 10.2 Å². The third kappa shape index (κ3) is 4.41. The highest BCUT2D eigenvalue weighted by molar-refractivity contribution is 6.00. The molecule has 0 heterocycles. The summed E-state index contributed by atoms with van der Waals surface area (Å²) in [5.74, 6) is -0.871. The molecule has 0 saturated carbocycles. The number of ketones is 1. The van der Waals surface area contributed by atoms with Crippen LogP contribution in [0, 0.1) is 5.41 Å². The van der Waals surface area contributed by atoms with E-state index in [1.54, 1.807) is 26.8 Å². The lowest BCUT2D eigenvalue weighted by atomic mass is 9.70. The zero-order valence-electron chi connectivity index (χ0n) is 13.8. The summed E-state index contributed by atoms with van der Waals surface area (Å²) in [7, 11) is 0. The lowest BCUT2D eigenvalue weighted by molar-refractivity contribution is -0.146. The van der Waals surface area contributed by atoms with Gasteiger partial charge in [0.2, 0.25) is 0 Å². The van der Waals surface area contributed by atoms with Gasteiger partial charge in [0, 0.05) is 6.42 Å². The number of carbonyl (C=O) groups is 2. The molecule has 2 N–H and O–H groups in total. The largest absolute Gasteiger partial charge is 0.481 e. The van der Waals surface area contributed by atoms with Crippen LogP contribution in [0.3, 0.4) is 0 Å². The fourth-order valence-electron chi connectivity index (χ4n) is 2.62. The van der Waals surface area contributed by atoms with Gasteiger partial charge in [0.1, 0.15) is 0 Å². The van der Waals surface area contributed by atoms with E-state index in [2.05, 4.69) is 0 Å². The molecule has 4 nitrogen and oxygen atoms in total. The number of Topliss-reactive ketones (excluding diaryl/α,β-unsaturated/α-hetero) is 1. The Morgan fingerprint density at radius 1 is 1.45 bits per heavy atom. The van der Waals surface area contributed by atoms with E-state index >= 15 is 0 Å². The molecule has 0 aromatic heterocycles. The van der Waals surface area contributed by atoms with E-state index in [1.807, 2.05) is 19.1 Å². The van der Waals surface area contributed by atoms with E-state index in [9.17, 15) is 19.8 Å². The Hall–Kier alpha value is -1.68. The molecule has 4 heteroatoms. The predicted octanol–water partition coefficient (Wildman–Crippen LogP) is 3.42. The van der Waals surface area contributed by atoms with Crippen LogP contribution in [-0.4, -0.2) is 28.1 Å². The molecule has 0 spiro atoms. The molecular weight excluding hydrogens is 280 g/mol. The van der Waals surface area contributed by atoms with Gasteiger partial charge in [0.25, 0.3) is 0 Å². The zero-order valence-corrected chi connectivity index (χ0v) is 13.8. The fourth-order valence-corrected chi connectivity index (χ4v) is 2.62. The lowest BCUT2D eigenvalue weighted by Gasteiger charge is -2.31. The summed E-state index contributed by atoms with van der Waals surface area (Å²) in [6.45, 7) is 7.06. The summed E-state index contributed by atoms with van der Waals surface area (Å²) < 4.78 is 0. The van der Waals surface area contributed by atoms with Crippen LogP contribution >= 0.6 is 0 Å². The highest BCUT2D eigenvalue weighted by Crippen LogP contribution is 2.40. The first-order valence-corrected chi connectivity index (χ1v) is 7.69. The first kappa shape index (κ1) is 18.4. The standard InChI is InChI=1S/C18H26O4/c1-12(6-5-7-13(2)19)8-9-15-14(3)16(20)10-11-18(15,4)17(21)22/h6,8-9,13,19H,5,7,10-11H2,1-4H3,(H,21,22)/b9-8+,12-6-/t13-,18+/m1/s1. The van der Waals surface area contributed by atoms with Gasteiger partial charge in [-0.1, -0.05) is 23.8 Å². The molecule has 0 radical (unpaired) electrons. The van der Waals surface area contributed by atoms with Crippen molar-refractivity contribution in [1.29, 1.82) is 0 Å². The average Bonchev–Trinajstić information content (AvgIpc) is 2.42. The average molecular weight is 306 g/mol. The van der Waals surface area contributed by atoms with Crippen LogP contribution in [0.25, 0.3) is 0 Å². The van der Waals surface area contributed by atoms with E-state index in [-0.39, 0.29) is 18.3 Å². The maximum atomic E-state index is 11.9. The van der Waals surface area contributed by atoms with Crippen molar-refractivity contribution in [2.45, 2.75) is 59.5 Å². The second-order valence-electron chi connectivity index (χ2n) is 6.31. The number of carboxylic acid groups (broad SMARTS) is 1. The Bertz CT molecular complexity index is 537. The zero-order chi connectivity index (χ0) is 16.9. The summed E-state index contributed by atoms with van der Waals surface area (Å²) in [6.07, 6.45) is 7.36. The van der Waals surface area contributed by atoms with Gasteiger partial charge in [-0.3, -0.25) is 9.59 Å². The third-order valence-electron chi connectivity index (χ3n) is 4.30. The van der Waals surface area contributed by atoms with Crippen molar-refractivity contribution in [3.63, 3.8) is 0 Å². The predicted molar refractivity (Wildman–Crippen MR) is 86.5 cm³/mol. The van der Waals surface area contributed by atoms with Crippen molar-refractivity contribution in [3.8, 4) is 0 Å². The van der Waals surface area contributed by atoms with Crippen LogP contribution in [0.1, 0.15) is 53.4 Å². The molecule has 0 amide bonds. The Kier molecular flexibility index (Phi) is 6.30. The van der Waals surface area contributed by atoms with Crippen LogP contribution in [0.2, 0.25) is 0 Å². The molecule has 0 saturated heterocycles. The Morgan fingerprint density at radius 3 is 2.64 bits per heavy atom. The molecule has 0 aliphatic heterocycles. The van der Waals surface area contributed by atoms with E-state index in [0.717, 1.165) is 12.0 Å². The number of carbonyl (C=O) groups excluding carboxylic acids is 1. The first-order valence-electron chi connectivity index (χ1n) is 7.69. The van der Waals surface area contributed by atoms with Crippen LogP contribution in [0.4, 0.5) is 0 Å². The molecule has 0 aromatic carbocycles. The second kappa shape index (κ2) is 7.54. The molecule has 0 aromatic rings. The number of hydrogen-bond acceptors (Lipinski definition) is 3. The molecule has 1 rings (SSSR count). The molecule has 0 unspecified atom stereocenters. The minimum absolute atomic E-state index is 0.0223. The van der Waals surface area contributed by atoms with Crippen molar-refractivity contribution >= 4 is 11.8 Å². The monoisotopic (exact) mass is 306 g/mol. The van der Waals surface area contributed by atoms with Crippen molar-refractivity contribution in [2.24, 2.45) is 5.41 Å². The van der Waals surface area contributed by atoms with Crippen molar-refractivity contribution in [2.75, 3.05) is 0 Å². The van der Waals surface area contributed by atoms with Crippen molar-refractivity contribution < 1.29 is 19.8 Å². The summed E-state index contributed by atoms with van der Waals surface area (Å²) in [5.41, 5.74) is 1.13. The summed E-state index contributed by atoms with van der Waals surface area (Å²) in [4.78, 5) is 23.5. The Balaban J connectivity index is 3.00. The van der Waals surface area contributed by atoms with Gasteiger partial charge in [0.05, 0.1) is 11.5 Å². The first-order chi connectivity index (χ1) is 10.2. The SMILES string of the molecule is CC1=C(/C=C/C(C)=C\CC[C@@H](C)O)[C@@](C)(C(=O)O)CCC1=O. The normalized spacial score (nSPS) is 25.0. The highest BCUT2D eigenvalue weighted by atomic mass is 16.4. The molecule has 0 bridgehead atoms. The van der Waals surface area contributed by atoms with E-state index in [4.69, 9.17) is 0 Å². The van der Waals surface area contributed by atoms with Crippen LogP contribution in [-0.2, 0) is 9.59 Å². The number of aliphatic hydroxyl groups excluding tert-OH is 1. The topological polar surface area (TPSA) is 74.6 Å². The minimum atomic E-state index is -1.01. The third-order valence-corrected chi connectivity index (χ3v) is 4.30. The summed E-state index contributed by atoms with van der Waals surface area (Å²) >= 11 is 0. The lowest BCUT2D eigenvalue weighted by Crippen LogP contribution is -2.34. The summed E-state index contributed by atoms with van der Waals surface area (Å²) in [6, 6.07) is 0. The smallest absolute Gasteiger partial charge is 0.313 e. The van der Waals surface area contributed by atoms with Crippen molar-refractivity contribution in [3.05, 3.63) is 34.9 Å². The van der Waals surface area contributed by atoms with Gasteiger partial charge in [-0.2, -0.15) is 0 Å². The van der Waals surface area contributed by atoms with Crippen LogP contribution in [0.15, 0.2) is 34.9 Å². The van der Waals surface area contributed by atoms with Gasteiger partial charge in [0.15, 0.2) is 5.78 Å². The maximum absolute atomic E-state index is 11.9. The fraction of sp³-hybridized carbons (Fsp3) is 0.556. The maximum Gasteiger partial charge on any atom is 0.313 e. The van der Waals surface area contributed by atoms with E-state index in [0.29, 0.717) is 24.0 Å². The number of aliphatic carboxylic acids is 1. The molecule has 0 fully saturated rings. The minimum Gasteiger partial charge on any atom is -0.481 e. The van der Waals surface area contributed by atoms with E-state index in [1.165, 1.54) is 0 Å². The number of rotatable bonds is 6. The molecule has 1 aliphatic carbocycles. The van der Waals surface area contributed by atoms with E-state index < -0.39 is 11.4 Å². The number of carboxylic acids is 1. The Morgan fingerprint density at radius 2 is 2.09 bits per heavy atom. The van der Waals surface area contributed by atoms with Gasteiger partial charge in [-0.05, 0) is 58.1 Å². The molecule has 1 aliphatic rings. The van der Waals surface area contributed by atoms with Crippen LogP contribution < -0.4 is 0 Å².